The maximum Gasteiger partial charge on any atom is 0.244 e. The van der Waals surface area contributed by atoms with E-state index in [1.165, 1.54) is 25.7 Å². The minimum atomic E-state index is -0.957. The van der Waals surface area contributed by atoms with E-state index in [2.05, 4.69) is 12.2 Å². The summed E-state index contributed by atoms with van der Waals surface area (Å²) < 4.78 is 0. The molecule has 0 radical (unpaired) electrons. The highest BCUT2D eigenvalue weighted by Gasteiger charge is 2.30. The lowest BCUT2D eigenvalue weighted by Crippen LogP contribution is -2.50. The third kappa shape index (κ3) is 4.72. The van der Waals surface area contributed by atoms with Crippen LogP contribution >= 0.6 is 12.4 Å². The highest BCUT2D eigenvalue weighted by Crippen LogP contribution is 2.28. The first-order chi connectivity index (χ1) is 9.50. The second-order valence-electron chi connectivity index (χ2n) is 6.42. The Balaban J connectivity index is 0.00000220. The van der Waals surface area contributed by atoms with Crippen LogP contribution in [0.2, 0.25) is 0 Å². The van der Waals surface area contributed by atoms with Gasteiger partial charge in [0.25, 0.3) is 0 Å². The maximum atomic E-state index is 12.4. The van der Waals surface area contributed by atoms with Gasteiger partial charge in [0.05, 0.1) is 0 Å². The van der Waals surface area contributed by atoms with E-state index in [4.69, 9.17) is 5.73 Å². The average molecular weight is 311 g/mol. The Morgan fingerprint density at radius 3 is 2.62 bits per heavy atom. The first-order valence-electron chi connectivity index (χ1n) is 7.63. The molecule has 1 saturated carbocycles. The number of rotatable bonds is 4. The molecule has 21 heavy (non-hydrogen) atoms. The lowest BCUT2D eigenvalue weighted by Gasteiger charge is -2.29. The van der Waals surface area contributed by atoms with Gasteiger partial charge in [0.15, 0.2) is 0 Å². The minimum Gasteiger partial charge on any atom is -0.354 e. The molecule has 118 valence electrons. The fourth-order valence-corrected chi connectivity index (χ4v) is 3.08. The van der Waals surface area contributed by atoms with Crippen LogP contribution in [0.25, 0.3) is 0 Å². The van der Waals surface area contributed by atoms with Crippen LogP contribution in [0.15, 0.2) is 30.3 Å². The number of hydrogen-bond acceptors (Lipinski definition) is 2. The first kappa shape index (κ1) is 18.0. The third-order valence-electron chi connectivity index (χ3n) is 4.44. The van der Waals surface area contributed by atoms with E-state index in [1.807, 2.05) is 30.3 Å². The van der Waals surface area contributed by atoms with Gasteiger partial charge in [0, 0.05) is 6.54 Å². The molecule has 0 heterocycles. The van der Waals surface area contributed by atoms with Gasteiger partial charge in [-0.15, -0.1) is 12.4 Å². The number of amides is 1. The van der Waals surface area contributed by atoms with Gasteiger partial charge < -0.3 is 11.1 Å². The van der Waals surface area contributed by atoms with Gasteiger partial charge in [0.1, 0.15) is 5.54 Å². The van der Waals surface area contributed by atoms with Crippen molar-refractivity contribution in [2.75, 3.05) is 6.54 Å². The smallest absolute Gasteiger partial charge is 0.244 e. The number of nitrogens with one attached hydrogen (secondary N) is 1. The molecule has 1 fully saturated rings. The van der Waals surface area contributed by atoms with E-state index in [9.17, 15) is 4.79 Å². The largest absolute Gasteiger partial charge is 0.354 e. The molecular formula is C17H27ClN2O. The molecule has 2 rings (SSSR count). The zero-order chi connectivity index (χ0) is 14.6. The molecule has 1 aromatic carbocycles. The summed E-state index contributed by atoms with van der Waals surface area (Å²) in [6.07, 6.45) is 5.04. The van der Waals surface area contributed by atoms with E-state index in [1.54, 1.807) is 6.92 Å². The van der Waals surface area contributed by atoms with Crippen LogP contribution in [0.1, 0.15) is 45.1 Å². The van der Waals surface area contributed by atoms with Crippen LogP contribution in [0.3, 0.4) is 0 Å². The van der Waals surface area contributed by atoms with Crippen molar-refractivity contribution in [2.45, 2.75) is 45.1 Å². The summed E-state index contributed by atoms with van der Waals surface area (Å²) in [4.78, 5) is 12.4. The Kier molecular flexibility index (Phi) is 6.69. The fourth-order valence-electron chi connectivity index (χ4n) is 3.08. The lowest BCUT2D eigenvalue weighted by atomic mass is 9.82. The van der Waals surface area contributed by atoms with E-state index in [0.717, 1.165) is 18.0 Å². The van der Waals surface area contributed by atoms with E-state index >= 15 is 0 Å². The van der Waals surface area contributed by atoms with Crippen LogP contribution in [-0.2, 0) is 10.3 Å². The average Bonchev–Trinajstić information content (AvgIpc) is 2.45. The molecule has 3 N–H and O–H groups in total. The molecule has 3 atom stereocenters. The molecule has 1 aromatic rings. The molecular weight excluding hydrogens is 284 g/mol. The molecule has 4 heteroatoms. The zero-order valence-corrected chi connectivity index (χ0v) is 13.8. The van der Waals surface area contributed by atoms with Gasteiger partial charge in [-0.3, -0.25) is 4.79 Å². The standard InChI is InChI=1S/C17H26N2O.ClH/c1-13-7-6-8-14(11-13)12-19-16(20)17(2,18)15-9-4-3-5-10-15;/h3-5,9-10,13-14H,6-8,11-12,18H2,1-2H3,(H,19,20);1H. The van der Waals surface area contributed by atoms with Gasteiger partial charge in [-0.2, -0.15) is 0 Å². The summed E-state index contributed by atoms with van der Waals surface area (Å²) in [5.41, 5.74) is 6.11. The van der Waals surface area contributed by atoms with Crippen LogP contribution < -0.4 is 11.1 Å². The van der Waals surface area contributed by atoms with Crippen molar-refractivity contribution in [1.29, 1.82) is 0 Å². The topological polar surface area (TPSA) is 55.1 Å². The summed E-state index contributed by atoms with van der Waals surface area (Å²) in [6.45, 7) is 4.83. The summed E-state index contributed by atoms with van der Waals surface area (Å²) in [5.74, 6) is 1.31. The summed E-state index contributed by atoms with van der Waals surface area (Å²) in [5, 5.41) is 3.05. The molecule has 3 nitrogen and oxygen atoms in total. The highest BCUT2D eigenvalue weighted by atomic mass is 35.5. The van der Waals surface area contributed by atoms with Crippen molar-refractivity contribution in [3.8, 4) is 0 Å². The Bertz CT molecular complexity index is 447. The molecule has 0 spiro atoms. The maximum absolute atomic E-state index is 12.4. The van der Waals surface area contributed by atoms with Gasteiger partial charge in [-0.1, -0.05) is 50.1 Å². The molecule has 0 aromatic heterocycles. The summed E-state index contributed by atoms with van der Waals surface area (Å²) >= 11 is 0. The number of nitrogens with two attached hydrogens (primary N) is 1. The van der Waals surface area contributed by atoms with Gasteiger partial charge in [-0.05, 0) is 37.2 Å². The van der Waals surface area contributed by atoms with E-state index in [0.29, 0.717) is 5.92 Å². The van der Waals surface area contributed by atoms with Gasteiger partial charge in [0.2, 0.25) is 5.91 Å². The molecule has 1 aliphatic carbocycles. The molecule has 3 unspecified atom stereocenters. The van der Waals surface area contributed by atoms with Crippen molar-refractivity contribution in [3.63, 3.8) is 0 Å². The number of benzene rings is 1. The monoisotopic (exact) mass is 310 g/mol. The fraction of sp³-hybridized carbons (Fsp3) is 0.588. The molecule has 0 saturated heterocycles. The molecule has 0 aliphatic heterocycles. The van der Waals surface area contributed by atoms with Crippen molar-refractivity contribution < 1.29 is 4.79 Å². The van der Waals surface area contributed by atoms with E-state index < -0.39 is 5.54 Å². The van der Waals surface area contributed by atoms with Crippen molar-refractivity contribution in [3.05, 3.63) is 35.9 Å². The Morgan fingerprint density at radius 1 is 1.33 bits per heavy atom. The molecule has 0 bridgehead atoms. The molecule has 1 amide bonds. The van der Waals surface area contributed by atoms with Crippen molar-refractivity contribution in [2.24, 2.45) is 17.6 Å². The predicted molar refractivity (Wildman–Crippen MR) is 89.4 cm³/mol. The van der Waals surface area contributed by atoms with Gasteiger partial charge in [-0.25, -0.2) is 0 Å². The Hall–Kier alpha value is -1.06. The summed E-state index contributed by atoms with van der Waals surface area (Å²) in [7, 11) is 0. The lowest BCUT2D eigenvalue weighted by molar-refractivity contribution is -0.126. The SMILES string of the molecule is CC1CCCC(CNC(=O)C(C)(N)c2ccccc2)C1.Cl. The minimum absolute atomic E-state index is 0. The van der Waals surface area contributed by atoms with Crippen LogP contribution in [-0.4, -0.2) is 12.5 Å². The summed E-state index contributed by atoms with van der Waals surface area (Å²) in [6, 6.07) is 9.57. The van der Waals surface area contributed by atoms with Crippen LogP contribution in [0.4, 0.5) is 0 Å². The number of carbonyl (C=O) groups excluding carboxylic acids is 1. The van der Waals surface area contributed by atoms with Crippen molar-refractivity contribution in [1.82, 2.24) is 5.32 Å². The normalized spacial score (nSPS) is 24.5. The quantitative estimate of drug-likeness (QED) is 0.897. The molecule has 1 aliphatic rings. The van der Waals surface area contributed by atoms with E-state index in [-0.39, 0.29) is 18.3 Å². The number of carbonyl (C=O) groups is 1. The first-order valence-corrected chi connectivity index (χ1v) is 7.63. The number of halogens is 1. The Labute approximate surface area is 134 Å². The second-order valence-corrected chi connectivity index (χ2v) is 6.42. The number of hydrogen-bond donors (Lipinski definition) is 2. The Morgan fingerprint density at radius 2 is 2.00 bits per heavy atom. The predicted octanol–water partition coefficient (Wildman–Crippen LogP) is 3.22. The van der Waals surface area contributed by atoms with Gasteiger partial charge >= 0.3 is 0 Å². The highest BCUT2D eigenvalue weighted by molar-refractivity contribution is 5.87. The van der Waals surface area contributed by atoms with Crippen LogP contribution in [0, 0.1) is 11.8 Å². The van der Waals surface area contributed by atoms with Crippen LogP contribution in [0.5, 0.6) is 0 Å². The van der Waals surface area contributed by atoms with Crippen molar-refractivity contribution >= 4 is 18.3 Å². The zero-order valence-electron chi connectivity index (χ0n) is 13.0. The third-order valence-corrected chi connectivity index (χ3v) is 4.44. The second kappa shape index (κ2) is 7.81.